The lowest BCUT2D eigenvalue weighted by Gasteiger charge is -2.17. The summed E-state index contributed by atoms with van der Waals surface area (Å²) >= 11 is 3.45. The predicted octanol–water partition coefficient (Wildman–Crippen LogP) is 3.02. The smallest absolute Gasteiger partial charge is 0.166 e. The van der Waals surface area contributed by atoms with Gasteiger partial charge in [-0.3, -0.25) is 0 Å². The van der Waals surface area contributed by atoms with Crippen molar-refractivity contribution in [2.75, 3.05) is 7.11 Å². The minimum atomic E-state index is -0.0693. The summed E-state index contributed by atoms with van der Waals surface area (Å²) < 4.78 is 12.2. The Bertz CT molecular complexity index is 389. The van der Waals surface area contributed by atoms with Gasteiger partial charge in [0, 0.05) is 16.1 Å². The molecule has 1 aliphatic carbocycles. The van der Waals surface area contributed by atoms with E-state index in [1.165, 1.54) is 0 Å². The van der Waals surface area contributed by atoms with E-state index in [-0.39, 0.29) is 6.04 Å². The van der Waals surface area contributed by atoms with Crippen molar-refractivity contribution in [1.82, 2.24) is 0 Å². The fourth-order valence-corrected chi connectivity index (χ4v) is 2.01. The van der Waals surface area contributed by atoms with Crippen LogP contribution in [0.1, 0.15) is 31.4 Å². The monoisotopic (exact) mass is 285 g/mol. The highest BCUT2D eigenvalue weighted by molar-refractivity contribution is 9.10. The molecule has 1 aromatic rings. The second-order valence-electron chi connectivity index (χ2n) is 4.13. The molecule has 2 rings (SSSR count). The molecule has 0 heterocycles. The van der Waals surface area contributed by atoms with E-state index in [4.69, 9.17) is 15.2 Å². The van der Waals surface area contributed by atoms with Crippen LogP contribution < -0.4 is 15.2 Å². The molecule has 0 spiro atoms. The van der Waals surface area contributed by atoms with E-state index < -0.39 is 0 Å². The van der Waals surface area contributed by atoms with Gasteiger partial charge in [-0.2, -0.15) is 0 Å². The molecule has 1 saturated carbocycles. The van der Waals surface area contributed by atoms with Gasteiger partial charge in [-0.25, -0.2) is 0 Å². The van der Waals surface area contributed by atoms with E-state index in [9.17, 15) is 0 Å². The Morgan fingerprint density at radius 3 is 2.62 bits per heavy atom. The van der Waals surface area contributed by atoms with Crippen molar-refractivity contribution < 1.29 is 9.47 Å². The SMILES string of the molecule is COc1cc(Br)cc(C(C)N)c1OC1CC1. The maximum absolute atomic E-state index is 5.95. The van der Waals surface area contributed by atoms with Gasteiger partial charge in [0.2, 0.25) is 0 Å². The van der Waals surface area contributed by atoms with Crippen LogP contribution in [0.4, 0.5) is 0 Å². The van der Waals surface area contributed by atoms with Crippen LogP contribution in [-0.4, -0.2) is 13.2 Å². The molecule has 0 aromatic heterocycles. The lowest BCUT2D eigenvalue weighted by molar-refractivity contribution is 0.277. The van der Waals surface area contributed by atoms with Crippen LogP contribution >= 0.6 is 15.9 Å². The first-order valence-corrected chi connectivity index (χ1v) is 6.20. The number of nitrogens with two attached hydrogens (primary N) is 1. The number of rotatable bonds is 4. The van der Waals surface area contributed by atoms with Crippen LogP contribution in [0.5, 0.6) is 11.5 Å². The standard InChI is InChI=1S/C12H16BrNO2/c1-7(14)10-5-8(13)6-11(15-2)12(10)16-9-3-4-9/h5-7,9H,3-4,14H2,1-2H3. The number of ether oxygens (including phenoxy) is 2. The average molecular weight is 286 g/mol. The quantitative estimate of drug-likeness (QED) is 0.925. The van der Waals surface area contributed by atoms with Gasteiger partial charge < -0.3 is 15.2 Å². The zero-order valence-corrected chi connectivity index (χ0v) is 11.1. The molecule has 1 atom stereocenters. The maximum Gasteiger partial charge on any atom is 0.166 e. The van der Waals surface area contributed by atoms with Gasteiger partial charge in [-0.15, -0.1) is 0 Å². The van der Waals surface area contributed by atoms with E-state index in [1.807, 2.05) is 19.1 Å². The maximum atomic E-state index is 5.95. The van der Waals surface area contributed by atoms with Crippen molar-refractivity contribution in [3.8, 4) is 11.5 Å². The van der Waals surface area contributed by atoms with Crippen LogP contribution in [0.3, 0.4) is 0 Å². The van der Waals surface area contributed by atoms with Crippen molar-refractivity contribution in [2.24, 2.45) is 5.73 Å². The number of hydrogen-bond acceptors (Lipinski definition) is 3. The van der Waals surface area contributed by atoms with Crippen molar-refractivity contribution in [3.05, 3.63) is 22.2 Å². The Morgan fingerprint density at radius 1 is 1.44 bits per heavy atom. The molecular formula is C12H16BrNO2. The Balaban J connectivity index is 2.41. The fraction of sp³-hybridized carbons (Fsp3) is 0.500. The van der Waals surface area contributed by atoms with Gasteiger partial charge >= 0.3 is 0 Å². The summed E-state index contributed by atoms with van der Waals surface area (Å²) in [5.41, 5.74) is 6.93. The van der Waals surface area contributed by atoms with Crippen LogP contribution in [0.2, 0.25) is 0 Å². The summed E-state index contributed by atoms with van der Waals surface area (Å²) in [7, 11) is 1.65. The molecule has 4 heteroatoms. The number of hydrogen-bond donors (Lipinski definition) is 1. The Hall–Kier alpha value is -0.740. The van der Waals surface area contributed by atoms with Crippen molar-refractivity contribution in [3.63, 3.8) is 0 Å². The van der Waals surface area contributed by atoms with E-state index in [0.717, 1.165) is 34.4 Å². The molecule has 1 aliphatic rings. The molecule has 0 radical (unpaired) electrons. The number of halogens is 1. The van der Waals surface area contributed by atoms with E-state index >= 15 is 0 Å². The van der Waals surface area contributed by atoms with Crippen LogP contribution in [0.15, 0.2) is 16.6 Å². The molecule has 3 nitrogen and oxygen atoms in total. The molecule has 1 unspecified atom stereocenters. The minimum Gasteiger partial charge on any atom is -0.493 e. The lowest BCUT2D eigenvalue weighted by Crippen LogP contribution is -2.10. The molecule has 16 heavy (non-hydrogen) atoms. The van der Waals surface area contributed by atoms with Gasteiger partial charge in [-0.05, 0) is 31.9 Å². The number of benzene rings is 1. The van der Waals surface area contributed by atoms with Gasteiger partial charge in [0.15, 0.2) is 11.5 Å². The molecule has 88 valence electrons. The van der Waals surface area contributed by atoms with E-state index in [0.29, 0.717) is 6.10 Å². The zero-order valence-electron chi connectivity index (χ0n) is 9.50. The molecular weight excluding hydrogens is 270 g/mol. The first-order chi connectivity index (χ1) is 7.61. The molecule has 1 fully saturated rings. The van der Waals surface area contributed by atoms with Crippen LogP contribution in [-0.2, 0) is 0 Å². The van der Waals surface area contributed by atoms with Gasteiger partial charge in [0.1, 0.15) is 0 Å². The summed E-state index contributed by atoms with van der Waals surface area (Å²) in [5, 5.41) is 0. The highest BCUT2D eigenvalue weighted by Gasteiger charge is 2.27. The highest BCUT2D eigenvalue weighted by atomic mass is 79.9. The van der Waals surface area contributed by atoms with Gasteiger partial charge in [0.05, 0.1) is 13.2 Å². The molecule has 1 aromatic carbocycles. The summed E-state index contributed by atoms with van der Waals surface area (Å²) in [6, 6.07) is 3.83. The second-order valence-corrected chi connectivity index (χ2v) is 5.05. The molecule has 0 aliphatic heterocycles. The van der Waals surface area contributed by atoms with Crippen molar-refractivity contribution in [1.29, 1.82) is 0 Å². The third kappa shape index (κ3) is 2.50. The Kier molecular flexibility index (Phi) is 3.40. The Labute approximate surface area is 104 Å². The molecule has 0 amide bonds. The molecule has 2 N–H and O–H groups in total. The average Bonchev–Trinajstić information content (AvgIpc) is 3.03. The molecule has 0 bridgehead atoms. The third-order valence-corrected chi connectivity index (χ3v) is 3.03. The second kappa shape index (κ2) is 4.63. The summed E-state index contributed by atoms with van der Waals surface area (Å²) in [6.07, 6.45) is 2.59. The van der Waals surface area contributed by atoms with Crippen molar-refractivity contribution in [2.45, 2.75) is 31.9 Å². The lowest BCUT2D eigenvalue weighted by atomic mass is 10.1. The summed E-state index contributed by atoms with van der Waals surface area (Å²) in [6.45, 7) is 1.95. The van der Waals surface area contributed by atoms with Crippen LogP contribution in [0, 0.1) is 0 Å². The fourth-order valence-electron chi connectivity index (χ4n) is 1.56. The first kappa shape index (κ1) is 11.7. The van der Waals surface area contributed by atoms with Gasteiger partial charge in [0.25, 0.3) is 0 Å². The summed E-state index contributed by atoms with van der Waals surface area (Å²) in [4.78, 5) is 0. The molecule has 0 saturated heterocycles. The highest BCUT2D eigenvalue weighted by Crippen LogP contribution is 2.40. The van der Waals surface area contributed by atoms with Crippen LogP contribution in [0.25, 0.3) is 0 Å². The largest absolute Gasteiger partial charge is 0.493 e. The van der Waals surface area contributed by atoms with E-state index in [1.54, 1.807) is 7.11 Å². The number of methoxy groups -OCH3 is 1. The predicted molar refractivity (Wildman–Crippen MR) is 66.9 cm³/mol. The third-order valence-electron chi connectivity index (χ3n) is 2.57. The van der Waals surface area contributed by atoms with Gasteiger partial charge in [-0.1, -0.05) is 15.9 Å². The summed E-state index contributed by atoms with van der Waals surface area (Å²) in [5.74, 6) is 1.54. The van der Waals surface area contributed by atoms with E-state index in [2.05, 4.69) is 15.9 Å². The topological polar surface area (TPSA) is 44.5 Å². The Morgan fingerprint density at radius 2 is 2.12 bits per heavy atom. The first-order valence-electron chi connectivity index (χ1n) is 5.41. The van der Waals surface area contributed by atoms with Crippen molar-refractivity contribution >= 4 is 15.9 Å². The normalized spacial score (nSPS) is 17.0. The zero-order chi connectivity index (χ0) is 11.7. The minimum absolute atomic E-state index is 0.0693.